The maximum atomic E-state index is 4.30. The summed E-state index contributed by atoms with van der Waals surface area (Å²) in [7, 11) is 6.03. The van der Waals surface area contributed by atoms with Gasteiger partial charge in [0.2, 0.25) is 0 Å². The molecule has 22 heavy (non-hydrogen) atoms. The molecule has 0 aromatic rings. The van der Waals surface area contributed by atoms with E-state index in [0.717, 1.165) is 32.0 Å². The van der Waals surface area contributed by atoms with Crippen molar-refractivity contribution in [1.82, 2.24) is 20.4 Å². The molecule has 0 fully saturated rings. The van der Waals surface area contributed by atoms with E-state index >= 15 is 0 Å². The van der Waals surface area contributed by atoms with Gasteiger partial charge in [-0.25, -0.2) is 0 Å². The summed E-state index contributed by atoms with van der Waals surface area (Å²) in [5.41, 5.74) is 0.101. The molecule has 0 aromatic heterocycles. The van der Waals surface area contributed by atoms with Gasteiger partial charge in [-0.2, -0.15) is 0 Å². The van der Waals surface area contributed by atoms with Gasteiger partial charge in [-0.1, -0.05) is 0 Å². The monoisotopic (exact) mass is 313 g/mol. The van der Waals surface area contributed by atoms with Crippen LogP contribution in [0.5, 0.6) is 0 Å². The van der Waals surface area contributed by atoms with Gasteiger partial charge in [0.15, 0.2) is 5.96 Å². The minimum absolute atomic E-state index is 0.101. The van der Waals surface area contributed by atoms with Crippen molar-refractivity contribution in [3.8, 4) is 0 Å². The third-order valence-corrected chi connectivity index (χ3v) is 4.33. The number of nitrogens with zero attached hydrogens (tertiary/aromatic N) is 3. The third-order valence-electron chi connectivity index (χ3n) is 4.33. The molecular weight excluding hydrogens is 274 g/mol. The Labute approximate surface area is 138 Å². The zero-order valence-corrected chi connectivity index (χ0v) is 16.3. The van der Waals surface area contributed by atoms with E-state index < -0.39 is 0 Å². The van der Waals surface area contributed by atoms with Gasteiger partial charge < -0.3 is 15.5 Å². The molecule has 0 rings (SSSR count). The van der Waals surface area contributed by atoms with Crippen LogP contribution in [0.4, 0.5) is 0 Å². The number of hydrogen-bond donors (Lipinski definition) is 2. The molecular formula is C17H39N5. The molecule has 0 saturated carbocycles. The van der Waals surface area contributed by atoms with Crippen LogP contribution in [0.3, 0.4) is 0 Å². The van der Waals surface area contributed by atoms with Gasteiger partial charge in [-0.05, 0) is 62.1 Å². The molecule has 0 bridgehead atoms. The summed E-state index contributed by atoms with van der Waals surface area (Å²) < 4.78 is 0. The summed E-state index contributed by atoms with van der Waals surface area (Å²) in [6.07, 6.45) is 1.12. The Morgan fingerprint density at radius 2 is 1.59 bits per heavy atom. The minimum atomic E-state index is 0.101. The molecule has 0 aliphatic heterocycles. The standard InChI is InChI=1S/C17H39N5/c1-14(2)22(15(3)4)12-10-11-19-16(18-7)20-13-17(5,6)21(8)9/h14-15H,10-13H2,1-9H3,(H2,18,19,20). The van der Waals surface area contributed by atoms with E-state index in [-0.39, 0.29) is 5.54 Å². The van der Waals surface area contributed by atoms with E-state index in [1.165, 1.54) is 0 Å². The van der Waals surface area contributed by atoms with Gasteiger partial charge in [0, 0.05) is 44.3 Å². The van der Waals surface area contributed by atoms with E-state index in [1.54, 1.807) is 0 Å². The maximum absolute atomic E-state index is 4.30. The smallest absolute Gasteiger partial charge is 0.191 e. The summed E-state index contributed by atoms with van der Waals surface area (Å²) >= 11 is 0. The predicted octanol–water partition coefficient (Wildman–Crippen LogP) is 2.00. The second kappa shape index (κ2) is 10.1. The predicted molar refractivity (Wildman–Crippen MR) is 98.7 cm³/mol. The first kappa shape index (κ1) is 21.2. The highest BCUT2D eigenvalue weighted by Gasteiger charge is 2.20. The summed E-state index contributed by atoms with van der Waals surface area (Å²) in [6.45, 7) is 16.4. The van der Waals surface area contributed by atoms with Crippen LogP contribution in [-0.4, -0.2) is 74.2 Å². The van der Waals surface area contributed by atoms with E-state index in [0.29, 0.717) is 12.1 Å². The van der Waals surface area contributed by atoms with Crippen molar-refractivity contribution >= 4 is 5.96 Å². The molecule has 0 saturated heterocycles. The largest absolute Gasteiger partial charge is 0.356 e. The molecule has 0 radical (unpaired) electrons. The summed E-state index contributed by atoms with van der Waals surface area (Å²) in [5, 5.41) is 6.82. The van der Waals surface area contributed by atoms with Gasteiger partial charge in [-0.3, -0.25) is 9.89 Å². The molecule has 0 aromatic carbocycles. The van der Waals surface area contributed by atoms with Crippen molar-refractivity contribution in [2.24, 2.45) is 4.99 Å². The molecule has 0 atom stereocenters. The lowest BCUT2D eigenvalue weighted by Crippen LogP contribution is -2.51. The Bertz CT molecular complexity index is 313. The van der Waals surface area contributed by atoms with Crippen molar-refractivity contribution in [1.29, 1.82) is 0 Å². The van der Waals surface area contributed by atoms with Crippen LogP contribution in [0.2, 0.25) is 0 Å². The Kier molecular flexibility index (Phi) is 9.69. The highest BCUT2D eigenvalue weighted by atomic mass is 15.2. The Hall–Kier alpha value is -0.810. The quantitative estimate of drug-likeness (QED) is 0.388. The average molecular weight is 314 g/mol. The number of guanidine groups is 1. The van der Waals surface area contributed by atoms with Crippen molar-refractivity contribution in [2.45, 2.75) is 65.6 Å². The van der Waals surface area contributed by atoms with Crippen molar-refractivity contribution in [3.05, 3.63) is 0 Å². The highest BCUT2D eigenvalue weighted by molar-refractivity contribution is 5.79. The van der Waals surface area contributed by atoms with E-state index in [2.05, 4.69) is 81.1 Å². The zero-order chi connectivity index (χ0) is 17.3. The molecule has 0 spiro atoms. The van der Waals surface area contributed by atoms with Crippen LogP contribution < -0.4 is 10.6 Å². The lowest BCUT2D eigenvalue weighted by atomic mass is 10.0. The average Bonchev–Trinajstić information content (AvgIpc) is 2.40. The molecule has 0 unspecified atom stereocenters. The van der Waals surface area contributed by atoms with Crippen molar-refractivity contribution in [3.63, 3.8) is 0 Å². The second-order valence-corrected chi connectivity index (χ2v) is 7.34. The summed E-state index contributed by atoms with van der Waals surface area (Å²) in [5.74, 6) is 0.885. The lowest BCUT2D eigenvalue weighted by molar-refractivity contribution is 0.173. The van der Waals surface area contributed by atoms with Crippen LogP contribution in [0, 0.1) is 0 Å². The van der Waals surface area contributed by atoms with E-state index in [4.69, 9.17) is 0 Å². The number of nitrogens with one attached hydrogen (secondary N) is 2. The van der Waals surface area contributed by atoms with Crippen LogP contribution >= 0.6 is 0 Å². The molecule has 0 heterocycles. The Balaban J connectivity index is 4.12. The third kappa shape index (κ3) is 7.99. The number of hydrogen-bond acceptors (Lipinski definition) is 3. The molecule has 5 nitrogen and oxygen atoms in total. The van der Waals surface area contributed by atoms with E-state index in [1.807, 2.05) is 7.05 Å². The normalized spacial score (nSPS) is 13.6. The maximum Gasteiger partial charge on any atom is 0.191 e. The van der Waals surface area contributed by atoms with Crippen LogP contribution in [0.25, 0.3) is 0 Å². The highest BCUT2D eigenvalue weighted by Crippen LogP contribution is 2.07. The van der Waals surface area contributed by atoms with Gasteiger partial charge >= 0.3 is 0 Å². The van der Waals surface area contributed by atoms with Crippen molar-refractivity contribution in [2.75, 3.05) is 40.8 Å². The molecule has 5 heteroatoms. The number of aliphatic imine (C=N–C) groups is 1. The van der Waals surface area contributed by atoms with E-state index in [9.17, 15) is 0 Å². The fourth-order valence-corrected chi connectivity index (χ4v) is 2.26. The minimum Gasteiger partial charge on any atom is -0.356 e. The van der Waals surface area contributed by atoms with Crippen LogP contribution in [0.15, 0.2) is 4.99 Å². The molecule has 0 amide bonds. The fraction of sp³-hybridized carbons (Fsp3) is 0.941. The summed E-state index contributed by atoms with van der Waals surface area (Å²) in [4.78, 5) is 9.04. The zero-order valence-electron chi connectivity index (χ0n) is 16.3. The fourth-order valence-electron chi connectivity index (χ4n) is 2.26. The molecule has 0 aliphatic rings. The lowest BCUT2D eigenvalue weighted by Gasteiger charge is -2.33. The first-order valence-electron chi connectivity index (χ1n) is 8.49. The Morgan fingerprint density at radius 3 is 2.00 bits per heavy atom. The van der Waals surface area contributed by atoms with Crippen LogP contribution in [0.1, 0.15) is 48.0 Å². The first-order valence-corrected chi connectivity index (χ1v) is 8.49. The molecule has 0 aliphatic carbocycles. The first-order chi connectivity index (χ1) is 10.1. The number of likely N-dealkylation sites (N-methyl/N-ethyl adjacent to an activating group) is 1. The topological polar surface area (TPSA) is 42.9 Å². The molecule has 132 valence electrons. The van der Waals surface area contributed by atoms with Gasteiger partial charge in [0.1, 0.15) is 0 Å². The van der Waals surface area contributed by atoms with Crippen LogP contribution in [-0.2, 0) is 0 Å². The van der Waals surface area contributed by atoms with Gasteiger partial charge in [-0.15, -0.1) is 0 Å². The van der Waals surface area contributed by atoms with Gasteiger partial charge in [0.05, 0.1) is 0 Å². The second-order valence-electron chi connectivity index (χ2n) is 7.34. The van der Waals surface area contributed by atoms with Crippen molar-refractivity contribution < 1.29 is 0 Å². The number of rotatable bonds is 9. The SMILES string of the molecule is CN=C(NCCCN(C(C)C)C(C)C)NCC(C)(C)N(C)C. The Morgan fingerprint density at radius 1 is 1.05 bits per heavy atom. The molecule has 2 N–H and O–H groups in total. The van der Waals surface area contributed by atoms with Gasteiger partial charge in [0.25, 0.3) is 0 Å². The summed E-state index contributed by atoms with van der Waals surface area (Å²) in [6, 6.07) is 1.19.